The largest absolute Gasteiger partial charge is 0.367 e. The van der Waals surface area contributed by atoms with Gasteiger partial charge < -0.3 is 10.6 Å². The van der Waals surface area contributed by atoms with Crippen molar-refractivity contribution >= 4 is 11.7 Å². The highest BCUT2D eigenvalue weighted by molar-refractivity contribution is 5.76. The first-order valence-corrected chi connectivity index (χ1v) is 8.26. The van der Waals surface area contributed by atoms with Crippen LogP contribution in [0.3, 0.4) is 0 Å². The Morgan fingerprint density at radius 3 is 2.46 bits per heavy atom. The molecule has 2 N–H and O–H groups in total. The lowest BCUT2D eigenvalue weighted by Gasteiger charge is -2.09. The fourth-order valence-corrected chi connectivity index (χ4v) is 2.31. The fraction of sp³-hybridized carbons (Fsp3) is 0.529. The van der Waals surface area contributed by atoms with Crippen LogP contribution in [0.15, 0.2) is 12.1 Å². The van der Waals surface area contributed by atoms with E-state index in [9.17, 15) is 4.79 Å². The highest BCUT2D eigenvalue weighted by Crippen LogP contribution is 2.15. The summed E-state index contributed by atoms with van der Waals surface area (Å²) in [5, 5.41) is 18.9. The van der Waals surface area contributed by atoms with Gasteiger partial charge in [0.05, 0.1) is 5.69 Å². The zero-order valence-electron chi connectivity index (χ0n) is 15.1. The molecule has 2 rings (SSSR count). The molecule has 0 aliphatic heterocycles. The summed E-state index contributed by atoms with van der Waals surface area (Å²) < 4.78 is 1.80. The van der Waals surface area contributed by atoms with E-state index in [2.05, 4.69) is 25.9 Å². The summed E-state index contributed by atoms with van der Waals surface area (Å²) in [7, 11) is 0. The van der Waals surface area contributed by atoms with E-state index < -0.39 is 0 Å². The SMILES string of the molecule is Cc1nn(-c2ccc(NCCNC(=O)CC(C)C)nn2)c(C)c1C. The lowest BCUT2D eigenvalue weighted by atomic mass is 10.1. The average Bonchev–Trinajstić information content (AvgIpc) is 2.79. The molecule has 0 atom stereocenters. The summed E-state index contributed by atoms with van der Waals surface area (Å²) in [4.78, 5) is 11.6. The molecule has 0 bridgehead atoms. The number of amides is 1. The molecule has 7 heteroatoms. The van der Waals surface area contributed by atoms with E-state index in [-0.39, 0.29) is 5.91 Å². The van der Waals surface area contributed by atoms with E-state index in [0.717, 1.165) is 17.0 Å². The number of nitrogens with zero attached hydrogens (tertiary/aromatic N) is 4. The van der Waals surface area contributed by atoms with Crippen molar-refractivity contribution in [2.45, 2.75) is 41.0 Å². The van der Waals surface area contributed by atoms with E-state index in [0.29, 0.717) is 37.1 Å². The molecule has 0 saturated carbocycles. The molecule has 0 unspecified atom stereocenters. The second-order valence-electron chi connectivity index (χ2n) is 6.36. The number of hydrogen-bond donors (Lipinski definition) is 2. The van der Waals surface area contributed by atoms with E-state index in [1.54, 1.807) is 4.68 Å². The van der Waals surface area contributed by atoms with E-state index in [1.807, 2.05) is 46.8 Å². The van der Waals surface area contributed by atoms with Crippen LogP contribution in [-0.4, -0.2) is 39.0 Å². The van der Waals surface area contributed by atoms with Gasteiger partial charge in [0.15, 0.2) is 5.82 Å². The zero-order chi connectivity index (χ0) is 17.7. The number of aryl methyl sites for hydroxylation is 1. The Kier molecular flexibility index (Phi) is 5.89. The molecule has 130 valence electrons. The van der Waals surface area contributed by atoms with Gasteiger partial charge in [-0.3, -0.25) is 4.79 Å². The van der Waals surface area contributed by atoms with Crippen molar-refractivity contribution in [3.8, 4) is 5.82 Å². The number of rotatable bonds is 7. The number of carbonyl (C=O) groups is 1. The van der Waals surface area contributed by atoms with Crippen molar-refractivity contribution in [2.24, 2.45) is 5.92 Å². The topological polar surface area (TPSA) is 84.7 Å². The molecule has 1 amide bonds. The molecule has 2 aromatic rings. The van der Waals surface area contributed by atoms with Crippen LogP contribution in [0, 0.1) is 26.7 Å². The van der Waals surface area contributed by atoms with Crippen LogP contribution in [0.1, 0.15) is 37.2 Å². The molecule has 24 heavy (non-hydrogen) atoms. The van der Waals surface area contributed by atoms with Gasteiger partial charge in [-0.25, -0.2) is 4.68 Å². The van der Waals surface area contributed by atoms with Crippen LogP contribution in [0.2, 0.25) is 0 Å². The number of nitrogens with one attached hydrogen (secondary N) is 2. The van der Waals surface area contributed by atoms with Crippen LogP contribution < -0.4 is 10.6 Å². The second-order valence-corrected chi connectivity index (χ2v) is 6.36. The van der Waals surface area contributed by atoms with Crippen LogP contribution in [-0.2, 0) is 4.79 Å². The molecule has 7 nitrogen and oxygen atoms in total. The summed E-state index contributed by atoms with van der Waals surface area (Å²) in [6, 6.07) is 3.75. The molecule has 2 heterocycles. The average molecular weight is 330 g/mol. The van der Waals surface area contributed by atoms with Crippen LogP contribution in [0.25, 0.3) is 5.82 Å². The van der Waals surface area contributed by atoms with Gasteiger partial charge in [-0.05, 0) is 44.4 Å². The summed E-state index contributed by atoms with van der Waals surface area (Å²) in [5.74, 6) is 1.82. The first kappa shape index (κ1) is 17.9. The van der Waals surface area contributed by atoms with Crippen molar-refractivity contribution in [1.82, 2.24) is 25.3 Å². The third kappa shape index (κ3) is 4.53. The molecule has 0 saturated heterocycles. The van der Waals surface area contributed by atoms with Gasteiger partial charge in [0.1, 0.15) is 5.82 Å². The van der Waals surface area contributed by atoms with Crippen LogP contribution >= 0.6 is 0 Å². The summed E-state index contributed by atoms with van der Waals surface area (Å²) in [6.45, 7) is 11.3. The zero-order valence-corrected chi connectivity index (χ0v) is 15.1. The number of carbonyl (C=O) groups excluding carboxylic acids is 1. The van der Waals surface area contributed by atoms with Crippen LogP contribution in [0.4, 0.5) is 5.82 Å². The summed E-state index contributed by atoms with van der Waals surface area (Å²) in [6.07, 6.45) is 0.552. The van der Waals surface area contributed by atoms with Crippen molar-refractivity contribution in [2.75, 3.05) is 18.4 Å². The minimum absolute atomic E-state index is 0.0770. The Hall–Kier alpha value is -2.44. The van der Waals surface area contributed by atoms with Gasteiger partial charge in [0.2, 0.25) is 5.91 Å². The van der Waals surface area contributed by atoms with Gasteiger partial charge in [-0.1, -0.05) is 13.8 Å². The van der Waals surface area contributed by atoms with Crippen molar-refractivity contribution in [1.29, 1.82) is 0 Å². The quantitative estimate of drug-likeness (QED) is 0.760. The summed E-state index contributed by atoms with van der Waals surface area (Å²) >= 11 is 0. The smallest absolute Gasteiger partial charge is 0.220 e. The molecule has 0 aliphatic rings. The second kappa shape index (κ2) is 7.90. The molecular formula is C17H26N6O. The molecule has 0 aliphatic carbocycles. The number of aromatic nitrogens is 4. The van der Waals surface area contributed by atoms with Gasteiger partial charge in [0, 0.05) is 25.2 Å². The van der Waals surface area contributed by atoms with Gasteiger partial charge in [0.25, 0.3) is 0 Å². The molecule has 0 aromatic carbocycles. The number of anilines is 1. The van der Waals surface area contributed by atoms with Gasteiger partial charge >= 0.3 is 0 Å². The minimum atomic E-state index is 0.0770. The Balaban J connectivity index is 1.86. The third-order valence-corrected chi connectivity index (χ3v) is 3.87. The highest BCUT2D eigenvalue weighted by atomic mass is 16.1. The van der Waals surface area contributed by atoms with Gasteiger partial charge in [-0.2, -0.15) is 5.10 Å². The van der Waals surface area contributed by atoms with Crippen LogP contribution in [0.5, 0.6) is 0 Å². The maximum atomic E-state index is 11.6. The maximum absolute atomic E-state index is 11.6. The van der Waals surface area contributed by atoms with Crippen molar-refractivity contribution < 1.29 is 4.79 Å². The minimum Gasteiger partial charge on any atom is -0.367 e. The standard InChI is InChI=1S/C17H26N6O/c1-11(2)10-17(24)19-9-8-18-15-6-7-16(21-20-15)23-14(5)12(3)13(4)22-23/h6-7,11H,8-10H2,1-5H3,(H,18,20)(H,19,24). The first-order chi connectivity index (χ1) is 11.4. The Morgan fingerprint density at radius 2 is 1.92 bits per heavy atom. The van der Waals surface area contributed by atoms with Crippen molar-refractivity contribution in [3.05, 3.63) is 29.1 Å². The molecular weight excluding hydrogens is 304 g/mol. The third-order valence-electron chi connectivity index (χ3n) is 3.87. The Bertz CT molecular complexity index is 690. The number of hydrogen-bond acceptors (Lipinski definition) is 5. The monoisotopic (exact) mass is 330 g/mol. The lowest BCUT2D eigenvalue weighted by molar-refractivity contribution is -0.121. The van der Waals surface area contributed by atoms with Crippen molar-refractivity contribution in [3.63, 3.8) is 0 Å². The predicted octanol–water partition coefficient (Wildman–Crippen LogP) is 2.16. The summed E-state index contributed by atoms with van der Waals surface area (Å²) in [5.41, 5.74) is 3.22. The molecule has 0 spiro atoms. The van der Waals surface area contributed by atoms with E-state index in [1.165, 1.54) is 0 Å². The molecule has 0 fully saturated rings. The predicted molar refractivity (Wildman–Crippen MR) is 94.3 cm³/mol. The maximum Gasteiger partial charge on any atom is 0.220 e. The highest BCUT2D eigenvalue weighted by Gasteiger charge is 2.10. The normalized spacial score (nSPS) is 10.9. The van der Waals surface area contributed by atoms with E-state index >= 15 is 0 Å². The Morgan fingerprint density at radius 1 is 1.17 bits per heavy atom. The first-order valence-electron chi connectivity index (χ1n) is 8.26. The molecule has 0 radical (unpaired) electrons. The van der Waals surface area contributed by atoms with E-state index in [4.69, 9.17) is 0 Å². The lowest BCUT2D eigenvalue weighted by Crippen LogP contribution is -2.29. The Labute approximate surface area is 142 Å². The molecule has 2 aromatic heterocycles. The fourth-order valence-electron chi connectivity index (χ4n) is 2.31. The van der Waals surface area contributed by atoms with Gasteiger partial charge in [-0.15, -0.1) is 10.2 Å².